The maximum absolute atomic E-state index is 9.22. The van der Waals surface area contributed by atoms with Crippen LogP contribution in [0.3, 0.4) is 0 Å². The summed E-state index contributed by atoms with van der Waals surface area (Å²) in [5.74, 6) is 0.886. The van der Waals surface area contributed by atoms with Crippen molar-refractivity contribution in [1.82, 2.24) is 9.36 Å². The maximum atomic E-state index is 9.22. The first-order valence-corrected chi connectivity index (χ1v) is 7.43. The van der Waals surface area contributed by atoms with Gasteiger partial charge in [-0.3, -0.25) is 0 Å². The van der Waals surface area contributed by atoms with Gasteiger partial charge in [-0.15, -0.1) is 0 Å². The first-order valence-electron chi connectivity index (χ1n) is 6.65. The number of aromatic nitrogens is 2. The lowest BCUT2D eigenvalue weighted by Crippen LogP contribution is -2.36. The maximum Gasteiger partial charge on any atom is 0.205 e. The molecule has 0 bridgehead atoms. The minimum atomic E-state index is -0.0203. The van der Waals surface area contributed by atoms with Crippen molar-refractivity contribution in [2.24, 2.45) is 0 Å². The van der Waals surface area contributed by atoms with E-state index >= 15 is 0 Å². The molecule has 1 heterocycles. The van der Waals surface area contributed by atoms with Gasteiger partial charge in [0.15, 0.2) is 0 Å². The van der Waals surface area contributed by atoms with Crippen LogP contribution >= 0.6 is 11.5 Å². The molecular weight excluding hydrogens is 246 g/mol. The van der Waals surface area contributed by atoms with E-state index in [9.17, 15) is 5.11 Å². The van der Waals surface area contributed by atoms with Gasteiger partial charge >= 0.3 is 0 Å². The molecule has 0 saturated carbocycles. The summed E-state index contributed by atoms with van der Waals surface area (Å²) in [5, 5.41) is 10.2. The van der Waals surface area contributed by atoms with E-state index in [1.54, 1.807) is 0 Å². The molecule has 0 aliphatic carbocycles. The van der Waals surface area contributed by atoms with Crippen LogP contribution in [0.15, 0.2) is 0 Å². The van der Waals surface area contributed by atoms with Crippen LogP contribution in [0.5, 0.6) is 0 Å². The van der Waals surface area contributed by atoms with Crippen molar-refractivity contribution in [2.75, 3.05) is 18.1 Å². The summed E-state index contributed by atoms with van der Waals surface area (Å²) in [4.78, 5) is 6.83. The zero-order valence-corrected chi connectivity index (χ0v) is 12.9. The van der Waals surface area contributed by atoms with Crippen LogP contribution in [0, 0.1) is 0 Å². The summed E-state index contributed by atoms with van der Waals surface area (Å²) >= 11 is 1.44. The molecule has 0 aromatic carbocycles. The Morgan fingerprint density at radius 3 is 2.28 bits per heavy atom. The average Bonchev–Trinajstić information content (AvgIpc) is 2.78. The van der Waals surface area contributed by atoms with Crippen molar-refractivity contribution in [3.05, 3.63) is 5.82 Å². The highest BCUT2D eigenvalue weighted by Gasteiger charge is 2.24. The van der Waals surface area contributed by atoms with Crippen LogP contribution in [0.25, 0.3) is 0 Å². The fraction of sp³-hybridized carbons (Fsp3) is 0.846. The molecule has 5 heteroatoms. The SMILES string of the molecule is CCC(CC)N(CCO)c1nc(C(C)(C)C)ns1. The number of anilines is 1. The summed E-state index contributed by atoms with van der Waals surface area (Å²) in [6, 6.07) is 0.429. The van der Waals surface area contributed by atoms with Gasteiger partial charge < -0.3 is 10.0 Å². The molecule has 0 unspecified atom stereocenters. The van der Waals surface area contributed by atoms with Gasteiger partial charge in [0, 0.05) is 29.5 Å². The second kappa shape index (κ2) is 6.48. The third-order valence-electron chi connectivity index (χ3n) is 3.06. The van der Waals surface area contributed by atoms with E-state index in [2.05, 4.69) is 48.9 Å². The molecule has 0 atom stereocenters. The summed E-state index contributed by atoms with van der Waals surface area (Å²) in [6.07, 6.45) is 2.11. The number of hydrogen-bond acceptors (Lipinski definition) is 5. The van der Waals surface area contributed by atoms with E-state index in [0.29, 0.717) is 12.6 Å². The second-order valence-electron chi connectivity index (χ2n) is 5.54. The molecule has 0 amide bonds. The third-order valence-corrected chi connectivity index (χ3v) is 3.81. The van der Waals surface area contributed by atoms with E-state index in [4.69, 9.17) is 0 Å². The Labute approximate surface area is 114 Å². The van der Waals surface area contributed by atoms with Crippen molar-refractivity contribution in [3.63, 3.8) is 0 Å². The first kappa shape index (κ1) is 15.4. The van der Waals surface area contributed by atoms with Crippen molar-refractivity contribution in [3.8, 4) is 0 Å². The molecule has 0 aliphatic rings. The topological polar surface area (TPSA) is 49.2 Å². The van der Waals surface area contributed by atoms with Gasteiger partial charge in [-0.2, -0.15) is 4.37 Å². The van der Waals surface area contributed by atoms with E-state index < -0.39 is 0 Å². The molecule has 1 rings (SSSR count). The molecule has 0 radical (unpaired) electrons. The van der Waals surface area contributed by atoms with Crippen LogP contribution in [0.2, 0.25) is 0 Å². The van der Waals surface area contributed by atoms with Crippen LogP contribution in [-0.4, -0.2) is 33.7 Å². The molecule has 0 saturated heterocycles. The van der Waals surface area contributed by atoms with E-state index in [1.807, 2.05) is 0 Å². The molecule has 4 nitrogen and oxygen atoms in total. The highest BCUT2D eigenvalue weighted by Crippen LogP contribution is 2.27. The van der Waals surface area contributed by atoms with Crippen LogP contribution in [0.4, 0.5) is 5.13 Å². The average molecular weight is 271 g/mol. The smallest absolute Gasteiger partial charge is 0.205 e. The molecule has 0 spiro atoms. The second-order valence-corrected chi connectivity index (χ2v) is 6.27. The Hall–Kier alpha value is -0.680. The molecule has 104 valence electrons. The van der Waals surface area contributed by atoms with Crippen molar-refractivity contribution in [2.45, 2.75) is 58.9 Å². The third kappa shape index (κ3) is 3.65. The van der Waals surface area contributed by atoms with Gasteiger partial charge in [0.25, 0.3) is 0 Å². The minimum Gasteiger partial charge on any atom is -0.395 e. The normalized spacial score (nSPS) is 12.2. The molecule has 1 aromatic heterocycles. The summed E-state index contributed by atoms with van der Waals surface area (Å²) in [7, 11) is 0. The van der Waals surface area contributed by atoms with Crippen LogP contribution in [-0.2, 0) is 5.41 Å². The van der Waals surface area contributed by atoms with Crippen LogP contribution in [0.1, 0.15) is 53.3 Å². The van der Waals surface area contributed by atoms with Gasteiger partial charge in [0.05, 0.1) is 6.61 Å². The van der Waals surface area contributed by atoms with E-state index in [0.717, 1.165) is 23.8 Å². The lowest BCUT2D eigenvalue weighted by atomic mass is 9.96. The monoisotopic (exact) mass is 271 g/mol. The van der Waals surface area contributed by atoms with Gasteiger partial charge in [-0.1, -0.05) is 34.6 Å². The zero-order chi connectivity index (χ0) is 13.8. The number of aliphatic hydroxyl groups is 1. The van der Waals surface area contributed by atoms with Gasteiger partial charge in [0.2, 0.25) is 5.13 Å². The van der Waals surface area contributed by atoms with Gasteiger partial charge in [0.1, 0.15) is 5.82 Å². The molecule has 1 aromatic rings. The zero-order valence-electron chi connectivity index (χ0n) is 12.1. The molecular formula is C13H25N3OS. The molecule has 0 aliphatic heterocycles. The van der Waals surface area contributed by atoms with Crippen molar-refractivity contribution < 1.29 is 5.11 Å². The fourth-order valence-electron chi connectivity index (χ4n) is 1.91. The predicted molar refractivity (Wildman–Crippen MR) is 77.4 cm³/mol. The number of nitrogens with zero attached hydrogens (tertiary/aromatic N) is 3. The molecule has 0 fully saturated rings. The van der Waals surface area contributed by atoms with Crippen molar-refractivity contribution >= 4 is 16.7 Å². The summed E-state index contributed by atoms with van der Waals surface area (Å²) in [6.45, 7) is 11.5. The quantitative estimate of drug-likeness (QED) is 0.864. The first-order chi connectivity index (χ1) is 8.43. The Balaban J connectivity index is 2.95. The van der Waals surface area contributed by atoms with Crippen LogP contribution < -0.4 is 4.90 Å². The highest BCUT2D eigenvalue weighted by atomic mass is 32.1. The van der Waals surface area contributed by atoms with Gasteiger partial charge in [-0.25, -0.2) is 4.98 Å². The lowest BCUT2D eigenvalue weighted by Gasteiger charge is -2.29. The Morgan fingerprint density at radius 1 is 1.28 bits per heavy atom. The fourth-order valence-corrected chi connectivity index (χ4v) is 2.86. The summed E-state index contributed by atoms with van der Waals surface area (Å²) in [5.41, 5.74) is -0.0203. The standard InChI is InChI=1S/C13H25N3OS/c1-6-10(7-2)16(8-9-17)12-14-11(15-18-12)13(3,4)5/h10,17H,6-9H2,1-5H3. The minimum absolute atomic E-state index is 0.0203. The molecule has 1 N–H and O–H groups in total. The van der Waals surface area contributed by atoms with E-state index in [-0.39, 0.29) is 12.0 Å². The number of hydrogen-bond donors (Lipinski definition) is 1. The molecule has 18 heavy (non-hydrogen) atoms. The van der Waals surface area contributed by atoms with Gasteiger partial charge in [-0.05, 0) is 12.8 Å². The number of rotatable bonds is 6. The Morgan fingerprint density at radius 2 is 1.89 bits per heavy atom. The summed E-state index contributed by atoms with van der Waals surface area (Å²) < 4.78 is 4.45. The Bertz CT molecular complexity index is 355. The lowest BCUT2D eigenvalue weighted by molar-refractivity contribution is 0.296. The van der Waals surface area contributed by atoms with E-state index in [1.165, 1.54) is 11.5 Å². The van der Waals surface area contributed by atoms with Crippen molar-refractivity contribution in [1.29, 1.82) is 0 Å². The number of aliphatic hydroxyl groups excluding tert-OH is 1. The highest BCUT2D eigenvalue weighted by molar-refractivity contribution is 7.09. The predicted octanol–water partition coefficient (Wildman–Crippen LogP) is 2.82. The Kier molecular flexibility index (Phi) is 5.53. The largest absolute Gasteiger partial charge is 0.395 e.